The van der Waals surface area contributed by atoms with E-state index in [0.717, 1.165) is 88.2 Å². The molecule has 0 radical (unpaired) electrons. The molecule has 8 heteroatoms. The maximum absolute atomic E-state index is 13.0. The molecule has 1 N–H and O–H groups in total. The molecule has 6 rings (SSSR count). The van der Waals surface area contributed by atoms with E-state index in [1.165, 1.54) is 0 Å². The first-order valence-corrected chi connectivity index (χ1v) is 15.1. The largest absolute Gasteiger partial charge is 0.493 e. The number of fused-ring (bicyclic) bond motifs is 2. The van der Waals surface area contributed by atoms with Crippen LogP contribution in [-0.4, -0.2) is 81.8 Å². The molecule has 0 unspecified atom stereocenters. The number of carboxylic acids is 1. The summed E-state index contributed by atoms with van der Waals surface area (Å²) in [6.45, 7) is 9.86. The lowest BCUT2D eigenvalue weighted by atomic mass is 9.98. The van der Waals surface area contributed by atoms with Gasteiger partial charge in [0.25, 0.3) is 0 Å². The average Bonchev–Trinajstić information content (AvgIpc) is 3.33. The summed E-state index contributed by atoms with van der Waals surface area (Å²) in [6.07, 6.45) is 2.87. The van der Waals surface area contributed by atoms with Crippen molar-refractivity contribution in [2.75, 3.05) is 46.4 Å². The van der Waals surface area contributed by atoms with E-state index in [1.807, 2.05) is 48.7 Å². The quantitative estimate of drug-likeness (QED) is 0.209. The normalized spacial score (nSPS) is 14.5. The van der Waals surface area contributed by atoms with E-state index in [-0.39, 0.29) is 0 Å². The van der Waals surface area contributed by atoms with Crippen LogP contribution in [0, 0.1) is 13.8 Å². The number of hydrogen-bond acceptors (Lipinski definition) is 6. The van der Waals surface area contributed by atoms with Gasteiger partial charge >= 0.3 is 5.97 Å². The number of ether oxygens (including phenoxy) is 1. The monoisotopic (exact) mass is 577 g/mol. The molecule has 1 saturated heterocycles. The van der Waals surface area contributed by atoms with Gasteiger partial charge in [-0.15, -0.1) is 0 Å². The Kier molecular flexibility index (Phi) is 8.40. The lowest BCUT2D eigenvalue weighted by Gasteiger charge is -2.32. The van der Waals surface area contributed by atoms with Gasteiger partial charge < -0.3 is 19.3 Å². The summed E-state index contributed by atoms with van der Waals surface area (Å²) in [6, 6.07) is 20.4. The highest BCUT2D eigenvalue weighted by Gasteiger charge is 2.26. The topological polar surface area (TPSA) is 83.7 Å². The van der Waals surface area contributed by atoms with Crippen molar-refractivity contribution in [3.05, 3.63) is 89.6 Å². The van der Waals surface area contributed by atoms with Crippen LogP contribution < -0.4 is 4.74 Å². The zero-order valence-corrected chi connectivity index (χ0v) is 25.2. The highest BCUT2D eigenvalue weighted by Crippen LogP contribution is 2.37. The Labute approximate surface area is 252 Å². The van der Waals surface area contributed by atoms with E-state index >= 15 is 0 Å². The molecular weight excluding hydrogens is 538 g/mol. The van der Waals surface area contributed by atoms with Crippen molar-refractivity contribution in [2.24, 2.45) is 0 Å². The Balaban J connectivity index is 1.36. The van der Waals surface area contributed by atoms with Crippen LogP contribution in [0.3, 0.4) is 0 Å². The van der Waals surface area contributed by atoms with Gasteiger partial charge in [0.1, 0.15) is 17.8 Å². The maximum Gasteiger partial charge on any atom is 0.352 e. The summed E-state index contributed by atoms with van der Waals surface area (Å²) in [7, 11) is 2.15. The maximum atomic E-state index is 13.0. The molecule has 2 aromatic heterocycles. The fourth-order valence-electron chi connectivity index (χ4n) is 6.45. The second-order valence-electron chi connectivity index (χ2n) is 11.5. The van der Waals surface area contributed by atoms with Crippen LogP contribution in [0.2, 0.25) is 0 Å². The number of aromatic carboxylic acids is 1. The minimum Gasteiger partial charge on any atom is -0.493 e. The number of piperazine rings is 1. The molecule has 0 atom stereocenters. The van der Waals surface area contributed by atoms with Gasteiger partial charge in [0.15, 0.2) is 0 Å². The van der Waals surface area contributed by atoms with E-state index in [9.17, 15) is 9.90 Å². The molecule has 0 saturated carbocycles. The number of benzene rings is 3. The molecule has 0 amide bonds. The molecule has 5 aromatic rings. The van der Waals surface area contributed by atoms with Crippen LogP contribution in [0.25, 0.3) is 32.8 Å². The standard InChI is InChI=1S/C35H39N5O3/c1-24-32(25(2)37-23-36-24)30-13-7-12-28-29(14-8-22-43-31-15-6-10-26-9-4-5-11-27(26)31)34(35(41)42)40(33(28)30)21-20-39-18-16-38(3)17-19-39/h4-7,9-13,15,23H,8,14,16-22H2,1-3H3,(H,41,42). The van der Waals surface area contributed by atoms with Gasteiger partial charge in [0.05, 0.1) is 12.1 Å². The van der Waals surface area contributed by atoms with Gasteiger partial charge in [0, 0.05) is 72.6 Å². The van der Waals surface area contributed by atoms with Crippen LogP contribution >= 0.6 is 0 Å². The molecule has 3 aromatic carbocycles. The predicted octanol–water partition coefficient (Wildman–Crippen LogP) is 5.83. The van der Waals surface area contributed by atoms with Crippen LogP contribution in [0.1, 0.15) is 33.9 Å². The summed E-state index contributed by atoms with van der Waals surface area (Å²) >= 11 is 0. The molecule has 1 aliphatic heterocycles. The van der Waals surface area contributed by atoms with Crippen molar-refractivity contribution in [1.29, 1.82) is 0 Å². The highest BCUT2D eigenvalue weighted by molar-refractivity contribution is 6.04. The summed E-state index contributed by atoms with van der Waals surface area (Å²) in [5.74, 6) is -0.0493. The van der Waals surface area contributed by atoms with E-state index in [4.69, 9.17) is 4.74 Å². The summed E-state index contributed by atoms with van der Waals surface area (Å²) in [4.78, 5) is 26.7. The Morgan fingerprint density at radius 1 is 0.884 bits per heavy atom. The predicted molar refractivity (Wildman–Crippen MR) is 171 cm³/mol. The third kappa shape index (κ3) is 5.85. The van der Waals surface area contributed by atoms with Crippen molar-refractivity contribution in [3.63, 3.8) is 0 Å². The third-order valence-corrected chi connectivity index (χ3v) is 8.70. The zero-order chi connectivity index (χ0) is 29.9. The second-order valence-corrected chi connectivity index (χ2v) is 11.5. The van der Waals surface area contributed by atoms with Crippen molar-refractivity contribution >= 4 is 27.6 Å². The molecular formula is C35H39N5O3. The van der Waals surface area contributed by atoms with E-state index < -0.39 is 5.97 Å². The molecule has 8 nitrogen and oxygen atoms in total. The van der Waals surface area contributed by atoms with Gasteiger partial charge in [-0.05, 0) is 50.8 Å². The van der Waals surface area contributed by atoms with E-state index in [0.29, 0.717) is 31.7 Å². The first-order chi connectivity index (χ1) is 20.9. The van der Waals surface area contributed by atoms with Gasteiger partial charge in [-0.1, -0.05) is 54.6 Å². The minimum absolute atomic E-state index is 0.369. The smallest absolute Gasteiger partial charge is 0.352 e. The van der Waals surface area contributed by atoms with Crippen LogP contribution in [0.4, 0.5) is 0 Å². The van der Waals surface area contributed by atoms with Crippen LogP contribution in [-0.2, 0) is 13.0 Å². The van der Waals surface area contributed by atoms with Gasteiger partial charge in [-0.3, -0.25) is 4.90 Å². The van der Waals surface area contributed by atoms with Crippen LogP contribution in [0.15, 0.2) is 67.0 Å². The molecule has 1 aliphatic rings. The van der Waals surface area contributed by atoms with Crippen molar-refractivity contribution in [1.82, 2.24) is 24.3 Å². The summed E-state index contributed by atoms with van der Waals surface area (Å²) in [5, 5.41) is 13.8. The number of nitrogens with zero attached hydrogens (tertiary/aromatic N) is 5. The van der Waals surface area contributed by atoms with Gasteiger partial charge in [-0.2, -0.15) is 0 Å². The summed E-state index contributed by atoms with van der Waals surface area (Å²) in [5.41, 5.74) is 5.88. The molecule has 3 heterocycles. The third-order valence-electron chi connectivity index (χ3n) is 8.70. The second kappa shape index (κ2) is 12.5. The molecule has 0 aliphatic carbocycles. The lowest BCUT2D eigenvalue weighted by molar-refractivity contribution is 0.0682. The molecule has 0 bridgehead atoms. The van der Waals surface area contributed by atoms with Crippen molar-refractivity contribution in [2.45, 2.75) is 33.2 Å². The average molecular weight is 578 g/mol. The highest BCUT2D eigenvalue weighted by atomic mass is 16.5. The molecule has 0 spiro atoms. The minimum atomic E-state index is -0.900. The molecule has 1 fully saturated rings. The van der Waals surface area contributed by atoms with Gasteiger partial charge in [0.2, 0.25) is 0 Å². The fraction of sp³-hybridized carbons (Fsp3) is 0.343. The first kappa shape index (κ1) is 28.8. The fourth-order valence-corrected chi connectivity index (χ4v) is 6.45. The zero-order valence-electron chi connectivity index (χ0n) is 25.2. The number of hydrogen-bond donors (Lipinski definition) is 1. The van der Waals surface area contributed by atoms with Crippen molar-refractivity contribution < 1.29 is 14.6 Å². The van der Waals surface area contributed by atoms with E-state index in [2.05, 4.69) is 57.1 Å². The number of aromatic nitrogens is 3. The Hall–Kier alpha value is -4.27. The van der Waals surface area contributed by atoms with Crippen molar-refractivity contribution in [3.8, 4) is 16.9 Å². The summed E-state index contributed by atoms with van der Waals surface area (Å²) < 4.78 is 8.28. The molecule has 222 valence electrons. The number of para-hydroxylation sites is 1. The SMILES string of the molecule is Cc1ncnc(C)c1-c1cccc2c(CCCOc3cccc4ccccc34)c(C(=O)O)n(CCN3CCN(C)CC3)c12. The molecule has 43 heavy (non-hydrogen) atoms. The van der Waals surface area contributed by atoms with Crippen LogP contribution in [0.5, 0.6) is 5.75 Å². The number of carboxylic acid groups (broad SMARTS) is 1. The number of aryl methyl sites for hydroxylation is 3. The van der Waals surface area contributed by atoms with E-state index in [1.54, 1.807) is 6.33 Å². The number of likely N-dealkylation sites (N-methyl/N-ethyl adjacent to an activating group) is 1. The number of rotatable bonds is 10. The first-order valence-electron chi connectivity index (χ1n) is 15.1. The number of carbonyl (C=O) groups is 1. The Morgan fingerprint density at radius 2 is 1.58 bits per heavy atom. The van der Waals surface area contributed by atoms with Gasteiger partial charge in [-0.25, -0.2) is 14.8 Å². The Bertz CT molecular complexity index is 1750. The lowest BCUT2D eigenvalue weighted by Crippen LogP contribution is -2.45. The Morgan fingerprint density at radius 3 is 2.35 bits per heavy atom.